The van der Waals surface area contributed by atoms with E-state index in [-0.39, 0.29) is 11.6 Å². The molecule has 0 bridgehead atoms. The zero-order valence-corrected chi connectivity index (χ0v) is 14.2. The number of halogens is 2. The van der Waals surface area contributed by atoms with Crippen LogP contribution in [-0.2, 0) is 0 Å². The molecule has 1 aliphatic carbocycles. The monoisotopic (exact) mass is 359 g/mol. The van der Waals surface area contributed by atoms with Crippen molar-refractivity contribution in [3.8, 4) is 0 Å². The maximum Gasteiger partial charge on any atom is 0.335 e. The van der Waals surface area contributed by atoms with Gasteiger partial charge in [-0.1, -0.05) is 53.6 Å². The van der Waals surface area contributed by atoms with Gasteiger partial charge in [0.15, 0.2) is 0 Å². The lowest BCUT2D eigenvalue weighted by atomic mass is 9.77. The van der Waals surface area contributed by atoms with Crippen molar-refractivity contribution in [2.24, 2.45) is 5.92 Å². The number of carbonyl (C=O) groups is 1. The van der Waals surface area contributed by atoms with E-state index in [0.29, 0.717) is 21.9 Å². The van der Waals surface area contributed by atoms with Gasteiger partial charge in [-0.05, 0) is 41.7 Å². The predicted octanol–water partition coefficient (Wildman–Crippen LogP) is 5.52. The third kappa shape index (κ3) is 2.40. The van der Waals surface area contributed by atoms with Crippen molar-refractivity contribution in [1.82, 2.24) is 0 Å². The summed E-state index contributed by atoms with van der Waals surface area (Å²) in [6, 6.07) is 11.0. The minimum absolute atomic E-state index is 0.0660. The second-order valence-corrected chi connectivity index (χ2v) is 7.01. The summed E-state index contributed by atoms with van der Waals surface area (Å²) < 4.78 is 0. The third-order valence-electron chi connectivity index (χ3n) is 4.94. The fourth-order valence-electron chi connectivity index (χ4n) is 3.77. The van der Waals surface area contributed by atoms with Crippen LogP contribution in [0.5, 0.6) is 0 Å². The van der Waals surface area contributed by atoms with Crippen LogP contribution in [0, 0.1) is 5.92 Å². The van der Waals surface area contributed by atoms with E-state index < -0.39 is 5.97 Å². The fraction of sp³-hybridized carbons (Fsp3) is 0.211. The van der Waals surface area contributed by atoms with Gasteiger partial charge in [0.05, 0.1) is 27.3 Å². The summed E-state index contributed by atoms with van der Waals surface area (Å²) in [6.45, 7) is 0. The van der Waals surface area contributed by atoms with E-state index in [0.717, 1.165) is 17.7 Å². The molecule has 2 aromatic carbocycles. The normalized spacial score (nSPS) is 24.2. The second kappa shape index (κ2) is 5.83. The summed E-state index contributed by atoms with van der Waals surface area (Å²) in [5.41, 5.74) is 3.39. The van der Waals surface area contributed by atoms with E-state index in [1.165, 1.54) is 5.56 Å². The van der Waals surface area contributed by atoms with E-state index in [1.54, 1.807) is 12.1 Å². The van der Waals surface area contributed by atoms with Crippen LogP contribution >= 0.6 is 23.2 Å². The van der Waals surface area contributed by atoms with Crippen LogP contribution < -0.4 is 5.32 Å². The summed E-state index contributed by atoms with van der Waals surface area (Å²) >= 11 is 12.6. The number of hydrogen-bond donors (Lipinski definition) is 2. The molecule has 0 amide bonds. The van der Waals surface area contributed by atoms with Crippen molar-refractivity contribution >= 4 is 34.9 Å². The number of benzene rings is 2. The SMILES string of the molecule is O=C(O)c1ccc([C@@H]2Nc3c(ccc(Cl)c3Cl)[C@@H]3C=CC[C@@H]32)cc1. The number of fused-ring (bicyclic) bond motifs is 3. The van der Waals surface area contributed by atoms with Gasteiger partial charge in [0, 0.05) is 5.92 Å². The molecule has 2 N–H and O–H groups in total. The molecule has 24 heavy (non-hydrogen) atoms. The molecule has 3 atom stereocenters. The van der Waals surface area contributed by atoms with Gasteiger partial charge in [-0.25, -0.2) is 4.79 Å². The number of aromatic carboxylic acids is 1. The summed E-state index contributed by atoms with van der Waals surface area (Å²) in [5, 5.41) is 13.7. The Morgan fingerprint density at radius 2 is 1.88 bits per heavy atom. The molecule has 5 heteroatoms. The van der Waals surface area contributed by atoms with Crippen LogP contribution in [0.25, 0.3) is 0 Å². The summed E-state index contributed by atoms with van der Waals surface area (Å²) in [6.07, 6.45) is 5.41. The van der Waals surface area contributed by atoms with Crippen molar-refractivity contribution in [3.05, 3.63) is 75.3 Å². The molecule has 0 saturated carbocycles. The van der Waals surface area contributed by atoms with Crippen LogP contribution in [-0.4, -0.2) is 11.1 Å². The second-order valence-electron chi connectivity index (χ2n) is 6.23. The maximum absolute atomic E-state index is 11.1. The minimum Gasteiger partial charge on any atom is -0.478 e. The van der Waals surface area contributed by atoms with Gasteiger partial charge in [-0.15, -0.1) is 0 Å². The molecule has 0 unspecified atom stereocenters. The molecular weight excluding hydrogens is 345 g/mol. The van der Waals surface area contributed by atoms with E-state index in [1.807, 2.05) is 24.3 Å². The van der Waals surface area contributed by atoms with Crippen LogP contribution in [0.15, 0.2) is 48.6 Å². The zero-order valence-electron chi connectivity index (χ0n) is 12.7. The average Bonchev–Trinajstić information content (AvgIpc) is 3.07. The Bertz CT molecular complexity index is 845. The van der Waals surface area contributed by atoms with Crippen molar-refractivity contribution in [3.63, 3.8) is 0 Å². The van der Waals surface area contributed by atoms with Gasteiger partial charge in [-0.2, -0.15) is 0 Å². The molecule has 2 aromatic rings. The molecule has 4 rings (SSSR count). The highest BCUT2D eigenvalue weighted by molar-refractivity contribution is 6.43. The van der Waals surface area contributed by atoms with Crippen molar-refractivity contribution in [2.75, 3.05) is 5.32 Å². The Morgan fingerprint density at radius 3 is 2.58 bits per heavy atom. The molecule has 0 aromatic heterocycles. The Kier molecular flexibility index (Phi) is 3.78. The van der Waals surface area contributed by atoms with E-state index >= 15 is 0 Å². The average molecular weight is 360 g/mol. The number of carboxylic acid groups (broad SMARTS) is 1. The number of nitrogens with one attached hydrogen (secondary N) is 1. The number of allylic oxidation sites excluding steroid dienone is 2. The highest BCUT2D eigenvalue weighted by Gasteiger charge is 2.38. The Labute approximate surface area is 149 Å². The zero-order chi connectivity index (χ0) is 16.8. The lowest BCUT2D eigenvalue weighted by molar-refractivity contribution is 0.0697. The summed E-state index contributed by atoms with van der Waals surface area (Å²) in [4.78, 5) is 11.1. The van der Waals surface area contributed by atoms with Gasteiger partial charge in [0.1, 0.15) is 0 Å². The first-order valence-electron chi connectivity index (χ1n) is 7.80. The molecule has 122 valence electrons. The van der Waals surface area contributed by atoms with Gasteiger partial charge in [-0.3, -0.25) is 0 Å². The lowest BCUT2D eigenvalue weighted by Crippen LogP contribution is -2.29. The molecule has 2 aliphatic rings. The molecule has 0 radical (unpaired) electrons. The van der Waals surface area contributed by atoms with Crippen LogP contribution in [0.1, 0.15) is 39.9 Å². The molecule has 0 fully saturated rings. The quantitative estimate of drug-likeness (QED) is 0.694. The van der Waals surface area contributed by atoms with Crippen molar-refractivity contribution in [2.45, 2.75) is 18.4 Å². The van der Waals surface area contributed by atoms with Crippen LogP contribution in [0.3, 0.4) is 0 Å². The van der Waals surface area contributed by atoms with Gasteiger partial charge >= 0.3 is 5.97 Å². The molecular formula is C19H15Cl2NO2. The first-order valence-corrected chi connectivity index (χ1v) is 8.56. The van der Waals surface area contributed by atoms with Crippen LogP contribution in [0.2, 0.25) is 10.0 Å². The molecule has 1 heterocycles. The Hall–Kier alpha value is -1.97. The van der Waals surface area contributed by atoms with Gasteiger partial charge < -0.3 is 10.4 Å². The van der Waals surface area contributed by atoms with Crippen molar-refractivity contribution in [1.29, 1.82) is 0 Å². The number of carboxylic acids is 1. The Morgan fingerprint density at radius 1 is 1.12 bits per heavy atom. The largest absolute Gasteiger partial charge is 0.478 e. The highest BCUT2D eigenvalue weighted by atomic mass is 35.5. The number of hydrogen-bond acceptors (Lipinski definition) is 2. The maximum atomic E-state index is 11.1. The topological polar surface area (TPSA) is 49.3 Å². The first-order chi connectivity index (χ1) is 11.6. The lowest BCUT2D eigenvalue weighted by Gasteiger charge is -2.38. The van der Waals surface area contributed by atoms with Crippen LogP contribution in [0.4, 0.5) is 5.69 Å². The molecule has 1 aliphatic heterocycles. The summed E-state index contributed by atoms with van der Waals surface area (Å²) in [5.74, 6) is -0.246. The minimum atomic E-state index is -0.918. The molecule has 3 nitrogen and oxygen atoms in total. The van der Waals surface area contributed by atoms with E-state index in [9.17, 15) is 4.79 Å². The standard InChI is InChI=1S/C19H15Cl2NO2/c20-15-9-8-14-12-2-1-3-13(12)17(22-18(14)16(15)21)10-4-6-11(7-5-10)19(23)24/h1-2,4-9,12-13,17,22H,3H2,(H,23,24)/t12-,13+,17+/m1/s1. The first kappa shape index (κ1) is 15.6. The molecule has 0 spiro atoms. The van der Waals surface area contributed by atoms with Gasteiger partial charge in [0.2, 0.25) is 0 Å². The van der Waals surface area contributed by atoms with E-state index in [2.05, 4.69) is 17.5 Å². The van der Waals surface area contributed by atoms with E-state index in [4.69, 9.17) is 28.3 Å². The highest BCUT2D eigenvalue weighted by Crippen LogP contribution is 2.52. The fourth-order valence-corrected chi connectivity index (χ4v) is 4.15. The Balaban J connectivity index is 1.77. The number of anilines is 1. The molecule has 0 saturated heterocycles. The number of rotatable bonds is 2. The van der Waals surface area contributed by atoms with Crippen molar-refractivity contribution < 1.29 is 9.90 Å². The van der Waals surface area contributed by atoms with Gasteiger partial charge in [0.25, 0.3) is 0 Å². The summed E-state index contributed by atoms with van der Waals surface area (Å²) in [7, 11) is 0. The third-order valence-corrected chi connectivity index (χ3v) is 5.75. The smallest absolute Gasteiger partial charge is 0.335 e. The predicted molar refractivity (Wildman–Crippen MR) is 96.2 cm³/mol.